The molecular weight excluding hydrogens is 1650 g/mol. The number of aldehydes is 1. The molecule has 6 aromatic rings. The standard InChI is InChI=1S/C13H23N3OS.C12H18ClN3S.C12H20N4S.C12H17N3OS.C7H11N3S.C6H15N.C6H12O.C5H7ClO.C4H7Br.C3H5N3S/c1-13(2,3)7-10(17)11-14-15-12(16(11)4)18-8-9-5-6-9;2*1-16-11(10(13)6-8-2-3-8)14-15-12(16)17-7-9-4-5-9;1-15-11(10(16)6-8-2-3-8)13-14-12(15)17-7-9-4-5-9;1-10-5-8-9-7(10)11-4-6-2-3-6;1-4-7(5-2)6-3;1-6(2,3)4-5-7;6-5(7)3-4-1-2-4;5-3-4-1-2-4;1-6-2-4-5-3(6)7/h9-10,17H,5-8H2,1-4H3;8-10H,2-7H2,1H3;8-10H,2-7,13H2,1H3;8-9H,2-7H2,1H3;5-6H,2-4H2,1H3;4-6H2,1-3H3;5H,4H2,1-3H3;4H,1-3H2;4H,1-3H2;2H,1H3,(H,5,7). The number of nitrogens with one attached hydrogen (secondary N) is 1. The number of aliphatic hydroxyl groups is 1. The van der Waals surface area contributed by atoms with E-state index in [1.54, 1.807) is 40.7 Å². The monoisotopic (exact) mass is 1780 g/mol. The second kappa shape index (κ2) is 49.5. The van der Waals surface area contributed by atoms with Crippen LogP contribution in [-0.4, -0.2) is 170 Å². The van der Waals surface area contributed by atoms with Gasteiger partial charge in [0.2, 0.25) is 11.1 Å². The summed E-state index contributed by atoms with van der Waals surface area (Å²) in [4.78, 5) is 34.2. The predicted molar refractivity (Wildman–Crippen MR) is 470 cm³/mol. The summed E-state index contributed by atoms with van der Waals surface area (Å²) in [5.74, 6) is 17.6. The number of hydrogen-bond acceptors (Lipinski definition) is 23. The SMILES string of the molecule is BrCC1CC1.CC(C)(C)CC=O.CCN(CC)CC.Cn1c(SCC2CC2)nnc1C(=O)CC1CC1.Cn1c(SCC2CC2)nnc1C(Cl)CC1CC1.Cn1c(SCC2CC2)nnc1C(N)CC1CC1.Cn1c(SCC2CC2)nnc1C(O)CC(C)(C)C.Cn1cn[nH]c1=S.Cn1cnnc1SCC1CC1.O=C(Cl)CC1CC1. The summed E-state index contributed by atoms with van der Waals surface area (Å²) in [6.07, 6.45) is 35.4. The van der Waals surface area contributed by atoms with Gasteiger partial charge in [-0.1, -0.05) is 163 Å². The zero-order chi connectivity index (χ0) is 82.4. The fourth-order valence-corrected chi connectivity index (χ4v) is 17.6. The van der Waals surface area contributed by atoms with Crippen molar-refractivity contribution in [3.8, 4) is 0 Å². The topological polar surface area (TPSA) is 288 Å². The summed E-state index contributed by atoms with van der Waals surface area (Å²) in [5, 5.41) is 63.8. The fourth-order valence-electron chi connectivity index (χ4n) is 10.7. The average molecular weight is 1780 g/mol. The molecule has 10 saturated carbocycles. The first-order chi connectivity index (χ1) is 53.9. The minimum atomic E-state index is -0.530. The highest BCUT2D eigenvalue weighted by Gasteiger charge is 2.33. The Kier molecular flexibility index (Phi) is 42.4. The normalized spacial score (nSPS) is 18.2. The molecule has 636 valence electrons. The summed E-state index contributed by atoms with van der Waals surface area (Å²) in [6, 6.07) is 0.0651. The molecule has 3 atom stereocenters. The van der Waals surface area contributed by atoms with Crippen molar-refractivity contribution in [3.63, 3.8) is 0 Å². The van der Waals surface area contributed by atoms with Crippen LogP contribution in [0.4, 0.5) is 0 Å². The van der Waals surface area contributed by atoms with Crippen molar-refractivity contribution < 1.29 is 19.5 Å². The Hall–Kier alpha value is -3.24. The van der Waals surface area contributed by atoms with Gasteiger partial charge in [0.05, 0.1) is 11.4 Å². The van der Waals surface area contributed by atoms with Crippen LogP contribution < -0.4 is 5.73 Å². The van der Waals surface area contributed by atoms with Gasteiger partial charge in [-0.05, 0) is 235 Å². The molecule has 0 bridgehead atoms. The van der Waals surface area contributed by atoms with E-state index in [9.17, 15) is 19.5 Å². The van der Waals surface area contributed by atoms with Crippen LogP contribution in [0, 0.1) is 74.8 Å². The number of alkyl halides is 2. The largest absolute Gasteiger partial charge is 0.385 e. The maximum absolute atomic E-state index is 11.9. The molecule has 0 spiro atoms. The van der Waals surface area contributed by atoms with Crippen LogP contribution in [0.15, 0.2) is 38.4 Å². The van der Waals surface area contributed by atoms with E-state index < -0.39 is 6.10 Å². The van der Waals surface area contributed by atoms with E-state index in [4.69, 9.17) is 41.2 Å². The van der Waals surface area contributed by atoms with Crippen molar-refractivity contribution >= 4 is 127 Å². The lowest BCUT2D eigenvalue weighted by Crippen LogP contribution is -2.21. The number of aromatic nitrogens is 18. The summed E-state index contributed by atoms with van der Waals surface area (Å²) < 4.78 is 12.3. The molecule has 24 nitrogen and oxygen atoms in total. The summed E-state index contributed by atoms with van der Waals surface area (Å²) >= 11 is 28.5. The van der Waals surface area contributed by atoms with E-state index in [1.807, 2.05) is 112 Å². The Bertz CT molecular complexity index is 3690. The average Bonchev–Trinajstić information content (AvgIpc) is 1.70. The lowest BCUT2D eigenvalue weighted by atomic mass is 9.89. The van der Waals surface area contributed by atoms with Crippen LogP contribution >= 0.6 is 110 Å². The van der Waals surface area contributed by atoms with E-state index in [0.29, 0.717) is 53.9 Å². The van der Waals surface area contributed by atoms with Crippen molar-refractivity contribution in [3.05, 3.63) is 40.7 Å². The number of thioether (sulfide) groups is 5. The summed E-state index contributed by atoms with van der Waals surface area (Å²) in [6.45, 7) is 22.6. The van der Waals surface area contributed by atoms with E-state index in [1.165, 1.54) is 171 Å². The Balaban J connectivity index is 0.000000179. The Morgan fingerprint density at radius 3 is 1.25 bits per heavy atom. The number of nitrogens with zero attached hydrogens (tertiary/aromatic N) is 18. The molecular formula is C80H135BrCl2N20O4S6. The number of aromatic amines is 1. The minimum absolute atomic E-state index is 0.0373. The van der Waals surface area contributed by atoms with Gasteiger partial charge in [0.1, 0.15) is 30.9 Å². The second-order valence-electron chi connectivity index (χ2n) is 34.8. The van der Waals surface area contributed by atoms with Gasteiger partial charge in [0, 0.05) is 95.6 Å². The first-order valence-electron chi connectivity index (χ1n) is 41.5. The quantitative estimate of drug-likeness (QED) is 0.00861. The molecule has 0 amide bonds. The molecule has 6 aromatic heterocycles. The van der Waals surface area contributed by atoms with Crippen molar-refractivity contribution in [2.24, 2.45) is 118 Å². The van der Waals surface area contributed by atoms with Crippen molar-refractivity contribution in [1.29, 1.82) is 0 Å². The van der Waals surface area contributed by atoms with E-state index in [-0.39, 0.29) is 33.3 Å². The highest BCUT2D eigenvalue weighted by molar-refractivity contribution is 9.09. The van der Waals surface area contributed by atoms with Gasteiger partial charge >= 0.3 is 0 Å². The molecule has 10 aliphatic rings. The Labute approximate surface area is 719 Å². The summed E-state index contributed by atoms with van der Waals surface area (Å²) in [7, 11) is 11.7. The molecule has 0 aromatic carbocycles. The number of aliphatic hydroxyl groups excluding tert-OH is 1. The van der Waals surface area contributed by atoms with Crippen molar-refractivity contribution in [2.75, 3.05) is 53.7 Å². The maximum atomic E-state index is 11.9. The third-order valence-electron chi connectivity index (χ3n) is 20.3. The third kappa shape index (κ3) is 41.5. The number of nitrogens with two attached hydrogens (primary N) is 1. The first kappa shape index (κ1) is 96.9. The molecule has 113 heavy (non-hydrogen) atoms. The molecule has 33 heteroatoms. The second-order valence-corrected chi connectivity index (χ2v) is 41.7. The zero-order valence-electron chi connectivity index (χ0n) is 70.4. The number of carbonyl (C=O) groups is 3. The van der Waals surface area contributed by atoms with Crippen LogP contribution in [0.3, 0.4) is 0 Å². The molecule has 10 aliphatic carbocycles. The number of hydrogen-bond donors (Lipinski definition) is 3. The lowest BCUT2D eigenvalue weighted by Gasteiger charge is -2.21. The molecule has 3 unspecified atom stereocenters. The van der Waals surface area contributed by atoms with Gasteiger partial charge in [-0.2, -0.15) is 5.10 Å². The maximum Gasteiger partial charge on any atom is 0.221 e. The Morgan fingerprint density at radius 2 is 0.929 bits per heavy atom. The van der Waals surface area contributed by atoms with Crippen LogP contribution in [0.25, 0.3) is 0 Å². The van der Waals surface area contributed by atoms with Gasteiger partial charge in [-0.3, -0.25) is 14.7 Å². The van der Waals surface area contributed by atoms with Gasteiger partial charge < -0.3 is 47.9 Å². The van der Waals surface area contributed by atoms with Gasteiger partial charge in [-0.15, -0.1) is 62.6 Å². The number of H-pyrrole nitrogens is 1. The molecule has 0 aliphatic heterocycles. The number of carbonyl (C=O) groups excluding carboxylic acids is 3. The minimum Gasteiger partial charge on any atom is -0.385 e. The van der Waals surface area contributed by atoms with E-state index in [2.05, 4.69) is 133 Å². The van der Waals surface area contributed by atoms with Crippen LogP contribution in [0.1, 0.15) is 275 Å². The Morgan fingerprint density at radius 1 is 0.540 bits per heavy atom. The number of Topliss-reactive ketones (excluding diaryl/α,β-unsaturated/α-hetero) is 1. The van der Waals surface area contributed by atoms with Crippen molar-refractivity contribution in [2.45, 2.75) is 273 Å². The number of rotatable bonds is 33. The van der Waals surface area contributed by atoms with Crippen LogP contribution in [0.5, 0.6) is 0 Å². The van der Waals surface area contributed by atoms with Gasteiger partial charge in [0.15, 0.2) is 48.0 Å². The summed E-state index contributed by atoms with van der Waals surface area (Å²) in [5.41, 5.74) is 6.46. The fraction of sp³-hybridized carbons (Fsp3) is 0.812. The predicted octanol–water partition coefficient (Wildman–Crippen LogP) is 18.7. The molecule has 4 N–H and O–H groups in total. The highest BCUT2D eigenvalue weighted by atomic mass is 79.9. The molecule has 10 fully saturated rings. The molecule has 16 rings (SSSR count). The first-order valence-corrected chi connectivity index (χ1v) is 48.8. The number of ketones is 1. The van der Waals surface area contributed by atoms with E-state index in [0.717, 1.165) is 115 Å². The van der Waals surface area contributed by atoms with Gasteiger partial charge in [0.25, 0.3) is 0 Å². The zero-order valence-corrected chi connectivity index (χ0v) is 78.4. The van der Waals surface area contributed by atoms with Crippen LogP contribution in [0.2, 0.25) is 0 Å². The third-order valence-corrected chi connectivity index (χ3v) is 28.4. The number of aryl methyl sites for hydroxylation is 2. The van der Waals surface area contributed by atoms with Crippen molar-refractivity contribution in [1.82, 2.24) is 93.5 Å². The smallest absolute Gasteiger partial charge is 0.221 e. The van der Waals surface area contributed by atoms with E-state index >= 15 is 0 Å². The molecule has 0 radical (unpaired) electrons. The lowest BCUT2D eigenvalue weighted by molar-refractivity contribution is -0.112. The van der Waals surface area contributed by atoms with Gasteiger partial charge in [-0.25, -0.2) is 0 Å². The number of halogens is 3. The molecule has 6 heterocycles. The highest BCUT2D eigenvalue weighted by Crippen LogP contribution is 2.43. The molecule has 0 saturated heterocycles. The van der Waals surface area contributed by atoms with Crippen LogP contribution in [-0.2, 0) is 51.9 Å².